The minimum Gasteiger partial charge on any atom is -0.487 e. The molecular formula is C27H35FN2O6S2. The Kier molecular flexibility index (Phi) is 8.63. The molecule has 8 nitrogen and oxygen atoms in total. The SMILES string of the molecule is C[C@H]1CN([C@@H](C)CO)S(=O)(=O)c2ccc(C3=CCCCC3)cc2O[C@H]1CN(C)S(=O)(=O)c1ccc(F)cc1. The maximum Gasteiger partial charge on any atom is 0.247 e. The van der Waals surface area contributed by atoms with Crippen LogP contribution in [0.3, 0.4) is 0 Å². The Bertz CT molecular complexity index is 1390. The Morgan fingerprint density at radius 3 is 2.53 bits per heavy atom. The zero-order valence-electron chi connectivity index (χ0n) is 21.9. The molecule has 0 amide bonds. The van der Waals surface area contributed by atoms with Crippen LogP contribution in [0, 0.1) is 11.7 Å². The van der Waals surface area contributed by atoms with E-state index in [9.17, 15) is 26.3 Å². The number of ether oxygens (including phenoxy) is 1. The van der Waals surface area contributed by atoms with Gasteiger partial charge in [0.15, 0.2) is 0 Å². The Labute approximate surface area is 224 Å². The molecule has 0 bridgehead atoms. The van der Waals surface area contributed by atoms with Crippen LogP contribution in [0.5, 0.6) is 5.75 Å². The maximum atomic E-state index is 13.7. The fraction of sp³-hybridized carbons (Fsp3) is 0.481. The first-order valence-electron chi connectivity index (χ1n) is 12.8. The number of rotatable bonds is 7. The quantitative estimate of drug-likeness (QED) is 0.546. The lowest BCUT2D eigenvalue weighted by Gasteiger charge is -2.37. The van der Waals surface area contributed by atoms with Crippen LogP contribution in [0.25, 0.3) is 5.57 Å². The molecule has 2 aliphatic rings. The van der Waals surface area contributed by atoms with Gasteiger partial charge in [-0.15, -0.1) is 0 Å². The topological polar surface area (TPSA) is 104 Å². The highest BCUT2D eigenvalue weighted by Crippen LogP contribution is 2.37. The lowest BCUT2D eigenvalue weighted by atomic mass is 9.93. The molecule has 0 fully saturated rings. The molecule has 0 saturated heterocycles. The molecule has 11 heteroatoms. The molecule has 0 unspecified atom stereocenters. The van der Waals surface area contributed by atoms with Gasteiger partial charge in [-0.1, -0.05) is 19.1 Å². The fourth-order valence-electron chi connectivity index (χ4n) is 4.88. The smallest absolute Gasteiger partial charge is 0.247 e. The van der Waals surface area contributed by atoms with E-state index in [2.05, 4.69) is 6.08 Å². The molecule has 0 radical (unpaired) electrons. The van der Waals surface area contributed by atoms with Crippen LogP contribution in [-0.2, 0) is 20.0 Å². The number of fused-ring (bicyclic) bond motifs is 1. The summed E-state index contributed by atoms with van der Waals surface area (Å²) in [6.07, 6.45) is 5.47. The third kappa shape index (κ3) is 5.81. The third-order valence-electron chi connectivity index (χ3n) is 7.29. The molecule has 3 atom stereocenters. The molecule has 1 N–H and O–H groups in total. The minimum atomic E-state index is -4.00. The van der Waals surface area contributed by atoms with E-state index in [4.69, 9.17) is 4.74 Å². The molecule has 0 saturated carbocycles. The van der Waals surface area contributed by atoms with Crippen molar-refractivity contribution in [1.29, 1.82) is 0 Å². The van der Waals surface area contributed by atoms with Crippen molar-refractivity contribution < 1.29 is 31.1 Å². The number of halogens is 1. The number of hydrogen-bond acceptors (Lipinski definition) is 6. The van der Waals surface area contributed by atoms with Gasteiger partial charge in [0.1, 0.15) is 22.6 Å². The summed E-state index contributed by atoms with van der Waals surface area (Å²) >= 11 is 0. The second-order valence-electron chi connectivity index (χ2n) is 10.1. The standard InChI is InChI=1S/C27H35FN2O6S2/c1-19-16-30(20(2)18-31)38(34,35)27-14-9-22(21-7-5-4-6-8-21)15-25(27)36-26(19)17-29(3)37(32,33)24-12-10-23(28)11-13-24/h7,9-15,19-20,26,31H,4-6,8,16-18H2,1-3H3/t19-,20-,26-/m0/s1. The number of aliphatic hydroxyl groups excluding tert-OH is 1. The number of nitrogens with zero attached hydrogens (tertiary/aromatic N) is 2. The summed E-state index contributed by atoms with van der Waals surface area (Å²) in [6.45, 7) is 3.04. The molecule has 0 aromatic heterocycles. The van der Waals surface area contributed by atoms with Gasteiger partial charge in [0.05, 0.1) is 18.0 Å². The van der Waals surface area contributed by atoms with Crippen molar-refractivity contribution >= 4 is 25.6 Å². The summed E-state index contributed by atoms with van der Waals surface area (Å²) in [5.74, 6) is -0.799. The molecule has 4 rings (SSSR count). The predicted octanol–water partition coefficient (Wildman–Crippen LogP) is 3.87. The summed E-state index contributed by atoms with van der Waals surface area (Å²) < 4.78 is 75.9. The Hall–Kier alpha value is -2.31. The summed E-state index contributed by atoms with van der Waals surface area (Å²) in [5.41, 5.74) is 2.00. The van der Waals surface area contributed by atoms with Crippen LogP contribution in [0.1, 0.15) is 45.1 Å². The van der Waals surface area contributed by atoms with E-state index in [1.165, 1.54) is 23.5 Å². The largest absolute Gasteiger partial charge is 0.487 e. The van der Waals surface area contributed by atoms with E-state index in [0.717, 1.165) is 53.3 Å². The monoisotopic (exact) mass is 566 g/mol. The van der Waals surface area contributed by atoms with Crippen molar-refractivity contribution in [3.05, 3.63) is 59.9 Å². The lowest BCUT2D eigenvalue weighted by Crippen LogP contribution is -2.50. The number of hydrogen-bond donors (Lipinski definition) is 1. The average molecular weight is 567 g/mol. The van der Waals surface area contributed by atoms with Gasteiger partial charge in [0, 0.05) is 25.6 Å². The van der Waals surface area contributed by atoms with Crippen LogP contribution >= 0.6 is 0 Å². The number of sulfonamides is 2. The van der Waals surface area contributed by atoms with Gasteiger partial charge in [0.2, 0.25) is 20.0 Å². The first-order valence-corrected chi connectivity index (χ1v) is 15.7. The van der Waals surface area contributed by atoms with Crippen LogP contribution in [0.15, 0.2) is 58.3 Å². The van der Waals surface area contributed by atoms with Crippen molar-refractivity contribution in [3.8, 4) is 5.75 Å². The Morgan fingerprint density at radius 1 is 1.18 bits per heavy atom. The summed E-state index contributed by atoms with van der Waals surface area (Å²) in [4.78, 5) is -0.0659. The summed E-state index contributed by atoms with van der Waals surface area (Å²) in [6, 6.07) is 8.96. The van der Waals surface area contributed by atoms with Crippen LogP contribution in [0.4, 0.5) is 4.39 Å². The highest BCUT2D eigenvalue weighted by molar-refractivity contribution is 7.89. The van der Waals surface area contributed by atoms with Gasteiger partial charge in [-0.3, -0.25) is 0 Å². The number of allylic oxidation sites excluding steroid dienone is 2. The van der Waals surface area contributed by atoms with Gasteiger partial charge >= 0.3 is 0 Å². The van der Waals surface area contributed by atoms with Crippen molar-refractivity contribution in [3.63, 3.8) is 0 Å². The van der Waals surface area contributed by atoms with E-state index in [1.807, 2.05) is 0 Å². The second kappa shape index (κ2) is 11.4. The van der Waals surface area contributed by atoms with Gasteiger partial charge < -0.3 is 9.84 Å². The van der Waals surface area contributed by atoms with Crippen molar-refractivity contribution in [2.75, 3.05) is 26.7 Å². The highest BCUT2D eigenvalue weighted by atomic mass is 32.2. The second-order valence-corrected chi connectivity index (χ2v) is 14.0. The molecule has 1 aliphatic heterocycles. The van der Waals surface area contributed by atoms with E-state index in [-0.39, 0.29) is 35.2 Å². The summed E-state index contributed by atoms with van der Waals surface area (Å²) in [7, 11) is -6.53. The predicted molar refractivity (Wildman–Crippen MR) is 143 cm³/mol. The zero-order valence-corrected chi connectivity index (χ0v) is 23.5. The molecule has 208 valence electrons. The zero-order chi connectivity index (χ0) is 27.7. The van der Waals surface area contributed by atoms with Gasteiger partial charge in [-0.2, -0.15) is 8.61 Å². The third-order valence-corrected chi connectivity index (χ3v) is 11.1. The number of likely N-dealkylation sites (N-methyl/N-ethyl adjacent to an activating group) is 1. The normalized spacial score (nSPS) is 23.1. The van der Waals surface area contributed by atoms with Crippen LogP contribution < -0.4 is 4.74 Å². The molecular weight excluding hydrogens is 531 g/mol. The molecule has 1 aliphatic carbocycles. The van der Waals surface area contributed by atoms with E-state index in [0.29, 0.717) is 0 Å². The van der Waals surface area contributed by atoms with E-state index in [1.54, 1.807) is 32.0 Å². The molecule has 1 heterocycles. The molecule has 38 heavy (non-hydrogen) atoms. The molecule has 0 spiro atoms. The maximum absolute atomic E-state index is 13.7. The van der Waals surface area contributed by atoms with Crippen LogP contribution in [-0.4, -0.2) is 69.4 Å². The number of aliphatic hydroxyl groups is 1. The van der Waals surface area contributed by atoms with E-state index >= 15 is 0 Å². The highest BCUT2D eigenvalue weighted by Gasteiger charge is 2.39. The molecule has 2 aromatic rings. The van der Waals surface area contributed by atoms with Crippen molar-refractivity contribution in [2.45, 2.75) is 61.5 Å². The van der Waals surface area contributed by atoms with Gasteiger partial charge in [-0.25, -0.2) is 21.2 Å². The molecule has 2 aromatic carbocycles. The van der Waals surface area contributed by atoms with Gasteiger partial charge in [-0.05, 0) is 80.1 Å². The first kappa shape index (κ1) is 28.7. The number of benzene rings is 2. The average Bonchev–Trinajstić information content (AvgIpc) is 2.90. The minimum absolute atomic E-state index is 0.0149. The lowest BCUT2D eigenvalue weighted by molar-refractivity contribution is 0.0904. The van der Waals surface area contributed by atoms with Crippen molar-refractivity contribution in [2.24, 2.45) is 5.92 Å². The Morgan fingerprint density at radius 2 is 1.89 bits per heavy atom. The first-order chi connectivity index (χ1) is 17.9. The van der Waals surface area contributed by atoms with Crippen LogP contribution in [0.2, 0.25) is 0 Å². The summed E-state index contributed by atoms with van der Waals surface area (Å²) in [5, 5.41) is 9.83. The van der Waals surface area contributed by atoms with Crippen molar-refractivity contribution in [1.82, 2.24) is 8.61 Å². The Balaban J connectivity index is 1.74. The fourth-order valence-corrected chi connectivity index (χ4v) is 7.89. The van der Waals surface area contributed by atoms with E-state index < -0.39 is 43.9 Å². The van der Waals surface area contributed by atoms with Gasteiger partial charge in [0.25, 0.3) is 0 Å².